The van der Waals surface area contributed by atoms with E-state index in [4.69, 9.17) is 0 Å². The van der Waals surface area contributed by atoms with Gasteiger partial charge in [0.2, 0.25) is 0 Å². The summed E-state index contributed by atoms with van der Waals surface area (Å²) >= 11 is 0. The van der Waals surface area contributed by atoms with Crippen LogP contribution in [0, 0.1) is 17.8 Å². The first-order valence-electron chi connectivity index (χ1n) is 8.33. The predicted molar refractivity (Wildman–Crippen MR) is 87.2 cm³/mol. The molecule has 2 N–H and O–H groups in total. The molecule has 1 aliphatic rings. The van der Waals surface area contributed by atoms with Gasteiger partial charge >= 0.3 is 0 Å². The van der Waals surface area contributed by atoms with Crippen molar-refractivity contribution < 1.29 is 9.90 Å². The van der Waals surface area contributed by atoms with Crippen LogP contribution in [0.15, 0.2) is 24.5 Å². The van der Waals surface area contributed by atoms with Crippen LogP contribution in [-0.2, 0) is 11.2 Å². The number of aliphatic hydroxyl groups is 1. The Morgan fingerprint density at radius 2 is 2.09 bits per heavy atom. The third kappa shape index (κ3) is 3.86. The molecule has 3 atom stereocenters. The zero-order chi connectivity index (χ0) is 16.2. The Hall–Kier alpha value is -1.42. The number of carbonyl (C=O) groups excluding carboxylic acids is 1. The number of carbonyl (C=O) groups is 1. The van der Waals surface area contributed by atoms with Crippen molar-refractivity contribution in [1.82, 2.24) is 10.3 Å². The summed E-state index contributed by atoms with van der Waals surface area (Å²) in [6.07, 6.45) is 6.84. The molecule has 1 aliphatic carbocycles. The first-order chi connectivity index (χ1) is 10.4. The van der Waals surface area contributed by atoms with Crippen molar-refractivity contribution in [2.75, 3.05) is 6.54 Å². The van der Waals surface area contributed by atoms with Crippen LogP contribution in [0.1, 0.15) is 45.6 Å². The zero-order valence-electron chi connectivity index (χ0n) is 13.9. The Kier molecular flexibility index (Phi) is 5.57. The van der Waals surface area contributed by atoms with Crippen LogP contribution in [0.25, 0.3) is 0 Å². The van der Waals surface area contributed by atoms with Crippen molar-refractivity contribution in [3.63, 3.8) is 0 Å². The van der Waals surface area contributed by atoms with Gasteiger partial charge in [0.05, 0.1) is 0 Å². The minimum atomic E-state index is -1.22. The maximum atomic E-state index is 12.6. The number of aromatic nitrogens is 1. The molecule has 0 saturated heterocycles. The first-order valence-corrected chi connectivity index (χ1v) is 8.33. The van der Waals surface area contributed by atoms with Gasteiger partial charge in [-0.1, -0.05) is 27.2 Å². The van der Waals surface area contributed by atoms with Crippen molar-refractivity contribution in [2.45, 2.75) is 52.1 Å². The summed E-state index contributed by atoms with van der Waals surface area (Å²) in [5.74, 6) is 0.547. The molecule has 0 bridgehead atoms. The number of rotatable bonds is 5. The maximum Gasteiger partial charge on any atom is 0.252 e. The van der Waals surface area contributed by atoms with E-state index in [1.165, 1.54) is 0 Å². The highest BCUT2D eigenvalue weighted by Gasteiger charge is 2.48. The molecule has 2 rings (SSSR count). The summed E-state index contributed by atoms with van der Waals surface area (Å²) in [6, 6.07) is 3.89. The number of nitrogens with one attached hydrogen (secondary N) is 1. The Morgan fingerprint density at radius 1 is 1.41 bits per heavy atom. The monoisotopic (exact) mass is 304 g/mol. The molecule has 122 valence electrons. The molecule has 1 amide bonds. The summed E-state index contributed by atoms with van der Waals surface area (Å²) < 4.78 is 0. The summed E-state index contributed by atoms with van der Waals surface area (Å²) in [7, 11) is 0. The minimum Gasteiger partial charge on any atom is -0.380 e. The zero-order valence-corrected chi connectivity index (χ0v) is 13.9. The highest BCUT2D eigenvalue weighted by atomic mass is 16.3. The Morgan fingerprint density at radius 3 is 2.73 bits per heavy atom. The number of hydrogen-bond acceptors (Lipinski definition) is 3. The number of pyridine rings is 1. The van der Waals surface area contributed by atoms with Gasteiger partial charge in [0.15, 0.2) is 0 Å². The third-order valence-corrected chi connectivity index (χ3v) is 4.89. The largest absolute Gasteiger partial charge is 0.380 e. The van der Waals surface area contributed by atoms with Gasteiger partial charge in [0.25, 0.3) is 5.91 Å². The van der Waals surface area contributed by atoms with E-state index in [1.54, 1.807) is 12.4 Å². The fraction of sp³-hybridized carbons (Fsp3) is 0.667. The van der Waals surface area contributed by atoms with Gasteiger partial charge in [-0.05, 0) is 54.7 Å². The molecule has 4 heteroatoms. The molecule has 1 heterocycles. The van der Waals surface area contributed by atoms with Gasteiger partial charge in [0.1, 0.15) is 5.60 Å². The summed E-state index contributed by atoms with van der Waals surface area (Å²) in [5.41, 5.74) is -0.0796. The normalized spacial score (nSPS) is 28.6. The highest BCUT2D eigenvalue weighted by molar-refractivity contribution is 5.85. The predicted octanol–water partition coefficient (Wildman–Crippen LogP) is 2.56. The van der Waals surface area contributed by atoms with Crippen molar-refractivity contribution in [1.29, 1.82) is 0 Å². The molecule has 0 radical (unpaired) electrons. The van der Waals surface area contributed by atoms with E-state index in [0.717, 1.165) is 24.8 Å². The van der Waals surface area contributed by atoms with Crippen LogP contribution in [0.2, 0.25) is 0 Å². The SMILES string of the molecule is CC(C)[C@@H]1CC[C@@H](C)C[C@@]1(O)C(=O)NCCc1ccncc1. The first kappa shape index (κ1) is 16.9. The van der Waals surface area contributed by atoms with E-state index >= 15 is 0 Å². The average Bonchev–Trinajstić information content (AvgIpc) is 2.47. The van der Waals surface area contributed by atoms with Crippen LogP contribution in [0.3, 0.4) is 0 Å². The van der Waals surface area contributed by atoms with E-state index in [0.29, 0.717) is 24.8 Å². The second-order valence-corrected chi connectivity index (χ2v) is 7.02. The lowest BCUT2D eigenvalue weighted by molar-refractivity contribution is -0.155. The molecule has 0 unspecified atom stereocenters. The Balaban J connectivity index is 1.96. The molecule has 0 spiro atoms. The number of nitrogens with zero attached hydrogens (tertiary/aromatic N) is 1. The Bertz CT molecular complexity index is 489. The average molecular weight is 304 g/mol. The number of hydrogen-bond donors (Lipinski definition) is 2. The molecule has 22 heavy (non-hydrogen) atoms. The number of amides is 1. The molecule has 0 aromatic carbocycles. The van der Waals surface area contributed by atoms with E-state index in [2.05, 4.69) is 31.1 Å². The summed E-state index contributed by atoms with van der Waals surface area (Å²) in [4.78, 5) is 16.6. The lowest BCUT2D eigenvalue weighted by Gasteiger charge is -2.43. The van der Waals surface area contributed by atoms with Gasteiger partial charge in [-0.25, -0.2) is 0 Å². The molecule has 1 aromatic heterocycles. The van der Waals surface area contributed by atoms with Gasteiger partial charge in [-0.2, -0.15) is 0 Å². The molecule has 0 aliphatic heterocycles. The van der Waals surface area contributed by atoms with Crippen molar-refractivity contribution in [3.8, 4) is 0 Å². The molecule has 1 aromatic rings. The standard InChI is InChI=1S/C18H28N2O2/c1-13(2)16-5-4-14(3)12-18(16,22)17(21)20-11-8-15-6-9-19-10-7-15/h6-7,9-10,13-14,16,22H,4-5,8,11-12H2,1-3H3,(H,20,21)/t14-,16+,18+/m1/s1. The van der Waals surface area contributed by atoms with Crippen LogP contribution in [-0.4, -0.2) is 28.1 Å². The fourth-order valence-electron chi connectivity index (χ4n) is 3.66. The van der Waals surface area contributed by atoms with E-state index in [9.17, 15) is 9.90 Å². The molecular weight excluding hydrogens is 276 g/mol. The second kappa shape index (κ2) is 7.23. The van der Waals surface area contributed by atoms with E-state index in [1.807, 2.05) is 12.1 Å². The lowest BCUT2D eigenvalue weighted by atomic mass is 9.66. The van der Waals surface area contributed by atoms with Crippen LogP contribution in [0.4, 0.5) is 0 Å². The van der Waals surface area contributed by atoms with E-state index < -0.39 is 5.60 Å². The van der Waals surface area contributed by atoms with E-state index in [-0.39, 0.29) is 11.8 Å². The molecule has 1 saturated carbocycles. The van der Waals surface area contributed by atoms with Crippen molar-refractivity contribution in [3.05, 3.63) is 30.1 Å². The second-order valence-electron chi connectivity index (χ2n) is 7.02. The highest BCUT2D eigenvalue weighted by Crippen LogP contribution is 2.41. The molecule has 1 fully saturated rings. The van der Waals surface area contributed by atoms with Crippen LogP contribution < -0.4 is 5.32 Å². The maximum absolute atomic E-state index is 12.6. The van der Waals surface area contributed by atoms with Gasteiger partial charge in [0, 0.05) is 18.9 Å². The van der Waals surface area contributed by atoms with Gasteiger partial charge in [-0.15, -0.1) is 0 Å². The van der Waals surface area contributed by atoms with Crippen LogP contribution in [0.5, 0.6) is 0 Å². The summed E-state index contributed by atoms with van der Waals surface area (Å²) in [5, 5.41) is 14.0. The topological polar surface area (TPSA) is 62.2 Å². The van der Waals surface area contributed by atoms with Crippen LogP contribution >= 0.6 is 0 Å². The smallest absolute Gasteiger partial charge is 0.252 e. The summed E-state index contributed by atoms with van der Waals surface area (Å²) in [6.45, 7) is 6.85. The van der Waals surface area contributed by atoms with Crippen molar-refractivity contribution in [2.24, 2.45) is 17.8 Å². The quantitative estimate of drug-likeness (QED) is 0.879. The molecular formula is C18H28N2O2. The third-order valence-electron chi connectivity index (χ3n) is 4.89. The fourth-order valence-corrected chi connectivity index (χ4v) is 3.66. The lowest BCUT2D eigenvalue weighted by Crippen LogP contribution is -2.56. The van der Waals surface area contributed by atoms with Gasteiger partial charge < -0.3 is 10.4 Å². The Labute approximate surface area is 133 Å². The van der Waals surface area contributed by atoms with Gasteiger partial charge in [-0.3, -0.25) is 9.78 Å². The minimum absolute atomic E-state index is 0.0459. The molecule has 4 nitrogen and oxygen atoms in total. The van der Waals surface area contributed by atoms with Crippen molar-refractivity contribution >= 4 is 5.91 Å².